The molecule has 0 saturated carbocycles. The van der Waals surface area contributed by atoms with Crippen LogP contribution in [-0.4, -0.2) is 27.1 Å². The average Bonchev–Trinajstić information content (AvgIpc) is 2.78. The number of benzene rings is 3. The Labute approximate surface area is 204 Å². The van der Waals surface area contributed by atoms with Crippen LogP contribution in [0.15, 0.2) is 65.6 Å². The van der Waals surface area contributed by atoms with E-state index in [2.05, 4.69) is 0 Å². The van der Waals surface area contributed by atoms with Gasteiger partial charge in [0.25, 0.3) is 10.0 Å². The van der Waals surface area contributed by atoms with Crippen LogP contribution in [0.4, 0.5) is 10.1 Å². The lowest BCUT2D eigenvalue weighted by molar-refractivity contribution is 0.176. The second-order valence-electron chi connectivity index (χ2n) is 8.52. The van der Waals surface area contributed by atoms with Gasteiger partial charge in [0.2, 0.25) is 0 Å². The Morgan fingerprint density at radius 2 is 1.94 bits per heavy atom. The summed E-state index contributed by atoms with van der Waals surface area (Å²) in [6.45, 7) is 5.46. The standard InChI is InChI=1S/C26H26ClFN2O3S/c1-16-6-4-7-20(12-16)34(31,32)30-15-25(18(3)29)33-24-11-10-19(14-23(24)30)13-17(2)26-21(27)8-5-9-22(26)28/h4-14,18,25H,15,29H2,1-3H3/b17-13+/t18-,25+/m1/s1. The van der Waals surface area contributed by atoms with Gasteiger partial charge in [-0.05, 0) is 73.9 Å². The van der Waals surface area contributed by atoms with E-state index in [9.17, 15) is 12.8 Å². The molecule has 4 rings (SSSR count). The molecule has 34 heavy (non-hydrogen) atoms. The first kappa shape index (κ1) is 24.3. The molecule has 1 aliphatic rings. The van der Waals surface area contributed by atoms with Crippen LogP contribution in [0, 0.1) is 12.7 Å². The number of nitrogens with zero attached hydrogens (tertiary/aromatic N) is 1. The van der Waals surface area contributed by atoms with E-state index >= 15 is 0 Å². The molecule has 0 amide bonds. The van der Waals surface area contributed by atoms with Gasteiger partial charge < -0.3 is 10.5 Å². The average molecular weight is 501 g/mol. The van der Waals surface area contributed by atoms with Crippen LogP contribution in [-0.2, 0) is 10.0 Å². The normalized spacial score (nSPS) is 17.2. The summed E-state index contributed by atoms with van der Waals surface area (Å²) in [6, 6.07) is 16.1. The zero-order chi connectivity index (χ0) is 24.6. The highest BCUT2D eigenvalue weighted by atomic mass is 35.5. The van der Waals surface area contributed by atoms with Crippen LogP contribution in [0.2, 0.25) is 5.02 Å². The molecular weight excluding hydrogens is 475 g/mol. The molecule has 0 fully saturated rings. The molecule has 0 unspecified atom stereocenters. The zero-order valence-corrected chi connectivity index (χ0v) is 20.7. The molecule has 0 saturated heterocycles. The lowest BCUT2D eigenvalue weighted by Gasteiger charge is -2.37. The van der Waals surface area contributed by atoms with Crippen molar-refractivity contribution in [3.05, 3.63) is 88.2 Å². The molecule has 8 heteroatoms. The summed E-state index contributed by atoms with van der Waals surface area (Å²) in [5, 5.41) is 0.304. The summed E-state index contributed by atoms with van der Waals surface area (Å²) in [5.74, 6) is -0.00512. The van der Waals surface area contributed by atoms with Crippen LogP contribution in [0.5, 0.6) is 5.75 Å². The topological polar surface area (TPSA) is 72.6 Å². The minimum atomic E-state index is -3.88. The number of nitrogens with two attached hydrogens (primary N) is 1. The van der Waals surface area contributed by atoms with Crippen molar-refractivity contribution < 1.29 is 17.5 Å². The Kier molecular flexibility index (Phi) is 6.71. The van der Waals surface area contributed by atoms with E-state index in [1.807, 2.05) is 13.0 Å². The molecule has 3 aromatic carbocycles. The lowest BCUT2D eigenvalue weighted by Crippen LogP contribution is -2.50. The quantitative estimate of drug-likeness (QED) is 0.459. The molecule has 3 aromatic rings. The zero-order valence-electron chi connectivity index (χ0n) is 19.1. The fourth-order valence-electron chi connectivity index (χ4n) is 3.98. The first-order chi connectivity index (χ1) is 16.1. The molecule has 0 aromatic heterocycles. The van der Waals surface area contributed by atoms with Crippen LogP contribution in [0.25, 0.3) is 11.6 Å². The van der Waals surface area contributed by atoms with Gasteiger partial charge in [0.1, 0.15) is 17.7 Å². The number of sulfonamides is 1. The van der Waals surface area contributed by atoms with Crippen molar-refractivity contribution >= 4 is 39.0 Å². The number of allylic oxidation sites excluding steroid dienone is 1. The predicted octanol–water partition coefficient (Wildman–Crippen LogP) is 5.65. The molecule has 1 aliphatic heterocycles. The molecule has 5 nitrogen and oxygen atoms in total. The van der Waals surface area contributed by atoms with Crippen molar-refractivity contribution in [1.82, 2.24) is 0 Å². The summed E-state index contributed by atoms with van der Waals surface area (Å²) in [7, 11) is -3.88. The Morgan fingerprint density at radius 1 is 1.21 bits per heavy atom. The van der Waals surface area contributed by atoms with Gasteiger partial charge in [-0.2, -0.15) is 0 Å². The first-order valence-electron chi connectivity index (χ1n) is 10.9. The maximum atomic E-state index is 14.4. The van der Waals surface area contributed by atoms with E-state index in [-0.39, 0.29) is 17.5 Å². The van der Waals surface area contributed by atoms with Gasteiger partial charge in [-0.25, -0.2) is 12.8 Å². The second kappa shape index (κ2) is 9.41. The lowest BCUT2D eigenvalue weighted by atomic mass is 10.0. The van der Waals surface area contributed by atoms with E-state index in [1.54, 1.807) is 68.5 Å². The van der Waals surface area contributed by atoms with Gasteiger partial charge >= 0.3 is 0 Å². The molecule has 0 aliphatic carbocycles. The Hall–Kier alpha value is -2.87. The van der Waals surface area contributed by atoms with Gasteiger partial charge in [-0.1, -0.05) is 41.9 Å². The molecular formula is C26H26ClFN2O3S. The van der Waals surface area contributed by atoms with Crippen LogP contribution < -0.4 is 14.8 Å². The Morgan fingerprint density at radius 3 is 2.62 bits per heavy atom. The number of aryl methyl sites for hydroxylation is 1. The van der Waals surface area contributed by atoms with Crippen molar-refractivity contribution in [2.45, 2.75) is 37.8 Å². The summed E-state index contributed by atoms with van der Waals surface area (Å²) < 4.78 is 49.1. The first-order valence-corrected chi connectivity index (χ1v) is 12.7. The third kappa shape index (κ3) is 4.69. The number of ether oxygens (including phenoxy) is 1. The molecule has 178 valence electrons. The van der Waals surface area contributed by atoms with Gasteiger partial charge in [-0.15, -0.1) is 0 Å². The largest absolute Gasteiger partial charge is 0.485 e. The van der Waals surface area contributed by atoms with Gasteiger partial charge in [0.05, 0.1) is 22.2 Å². The van der Waals surface area contributed by atoms with Gasteiger partial charge in [0, 0.05) is 11.6 Å². The van der Waals surface area contributed by atoms with E-state index in [4.69, 9.17) is 22.1 Å². The van der Waals surface area contributed by atoms with Crippen LogP contribution in [0.3, 0.4) is 0 Å². The van der Waals surface area contributed by atoms with Gasteiger partial charge in [0.15, 0.2) is 0 Å². The predicted molar refractivity (Wildman–Crippen MR) is 135 cm³/mol. The monoisotopic (exact) mass is 500 g/mol. The van der Waals surface area contributed by atoms with Crippen molar-refractivity contribution in [3.63, 3.8) is 0 Å². The number of halogens is 2. The highest BCUT2D eigenvalue weighted by Crippen LogP contribution is 2.39. The molecule has 0 spiro atoms. The fraction of sp³-hybridized carbons (Fsp3) is 0.231. The summed E-state index contributed by atoms with van der Waals surface area (Å²) >= 11 is 6.21. The minimum Gasteiger partial charge on any atom is -0.485 e. The van der Waals surface area contributed by atoms with Crippen LogP contribution >= 0.6 is 11.6 Å². The van der Waals surface area contributed by atoms with Gasteiger partial charge in [-0.3, -0.25) is 4.31 Å². The van der Waals surface area contributed by atoms with Crippen molar-refractivity contribution in [2.24, 2.45) is 5.73 Å². The Balaban J connectivity index is 1.82. The fourth-order valence-corrected chi connectivity index (χ4v) is 5.88. The summed E-state index contributed by atoms with van der Waals surface area (Å²) in [4.78, 5) is 0.194. The second-order valence-corrected chi connectivity index (χ2v) is 10.8. The molecule has 1 heterocycles. The van der Waals surface area contributed by atoms with E-state index in [0.717, 1.165) is 5.56 Å². The molecule has 0 bridgehead atoms. The van der Waals surface area contributed by atoms with Crippen molar-refractivity contribution in [1.29, 1.82) is 0 Å². The third-order valence-corrected chi connectivity index (χ3v) is 7.87. The minimum absolute atomic E-state index is 0.0756. The maximum Gasteiger partial charge on any atom is 0.264 e. The molecule has 2 N–H and O–H groups in total. The summed E-state index contributed by atoms with van der Waals surface area (Å²) in [6.07, 6.45) is 1.26. The number of hydrogen-bond acceptors (Lipinski definition) is 4. The highest BCUT2D eigenvalue weighted by molar-refractivity contribution is 7.92. The third-order valence-electron chi connectivity index (χ3n) is 5.78. The van der Waals surface area contributed by atoms with E-state index < -0.39 is 21.9 Å². The van der Waals surface area contributed by atoms with Crippen molar-refractivity contribution in [3.8, 4) is 5.75 Å². The molecule has 2 atom stereocenters. The number of rotatable bonds is 5. The number of fused-ring (bicyclic) bond motifs is 1. The Bertz CT molecular complexity index is 1350. The smallest absolute Gasteiger partial charge is 0.264 e. The SMILES string of the molecule is C/C(=C\c1ccc2c(c1)N(S(=O)(=O)c1cccc(C)c1)C[C@@H]([C@@H](C)N)O2)c1c(F)cccc1Cl. The maximum absolute atomic E-state index is 14.4. The number of anilines is 1. The van der Waals surface area contributed by atoms with Crippen molar-refractivity contribution in [2.75, 3.05) is 10.8 Å². The summed E-state index contributed by atoms with van der Waals surface area (Å²) in [5.41, 5.74) is 8.92. The van der Waals surface area contributed by atoms with E-state index in [0.29, 0.717) is 33.2 Å². The molecule has 0 radical (unpaired) electrons. The highest BCUT2D eigenvalue weighted by Gasteiger charge is 2.36. The van der Waals surface area contributed by atoms with Crippen LogP contribution in [0.1, 0.15) is 30.5 Å². The van der Waals surface area contributed by atoms with E-state index in [1.165, 1.54) is 10.4 Å². The number of hydrogen-bond donors (Lipinski definition) is 1.